The van der Waals surface area contributed by atoms with Crippen molar-refractivity contribution in [1.29, 1.82) is 0 Å². The van der Waals surface area contributed by atoms with Crippen molar-refractivity contribution >= 4 is 22.5 Å². The van der Waals surface area contributed by atoms with Crippen molar-refractivity contribution in [3.05, 3.63) is 45.2 Å². The summed E-state index contributed by atoms with van der Waals surface area (Å²) >= 11 is 5.80. The molecular weight excluding hydrogens is 255 g/mol. The Labute approximate surface area is 109 Å². The number of hydrogen-bond acceptors (Lipinski definition) is 1. The average molecular weight is 267 g/mol. The fraction of sp³-hybridized carbons (Fsp3) is 0.333. The highest BCUT2D eigenvalue weighted by Gasteiger charge is 2.11. The van der Waals surface area contributed by atoms with E-state index in [1.54, 1.807) is 6.07 Å². The fourth-order valence-corrected chi connectivity index (χ4v) is 2.18. The van der Waals surface area contributed by atoms with Crippen LogP contribution in [-0.4, -0.2) is 10.6 Å². The number of hydrogen-bond donors (Lipinski definition) is 0. The van der Waals surface area contributed by atoms with Gasteiger partial charge in [-0.25, -0.2) is 4.39 Å². The van der Waals surface area contributed by atoms with Crippen LogP contribution in [0, 0.1) is 12.7 Å². The van der Waals surface area contributed by atoms with Crippen LogP contribution in [0.2, 0.25) is 5.02 Å². The Kier molecular flexibility index (Phi) is 3.45. The minimum Gasteiger partial charge on any atom is -0.347 e. The van der Waals surface area contributed by atoms with Crippen LogP contribution in [-0.2, 0) is 6.54 Å². The smallest absolute Gasteiger partial charge is 0.142 e. The Morgan fingerprint density at radius 1 is 1.56 bits per heavy atom. The highest BCUT2D eigenvalue weighted by Crippen LogP contribution is 2.27. The van der Waals surface area contributed by atoms with E-state index in [9.17, 15) is 4.39 Å². The molecule has 2 rings (SSSR count). The van der Waals surface area contributed by atoms with Gasteiger partial charge in [-0.15, -0.1) is 0 Å². The van der Waals surface area contributed by atoms with E-state index in [1.165, 1.54) is 6.07 Å². The number of azide groups is 1. The second kappa shape index (κ2) is 4.88. The van der Waals surface area contributed by atoms with Crippen LogP contribution in [0.4, 0.5) is 4.39 Å². The van der Waals surface area contributed by atoms with E-state index in [0.29, 0.717) is 6.54 Å². The third-order valence-electron chi connectivity index (χ3n) is 2.83. The largest absolute Gasteiger partial charge is 0.347 e. The van der Waals surface area contributed by atoms with Crippen molar-refractivity contribution in [2.24, 2.45) is 5.11 Å². The molecule has 18 heavy (non-hydrogen) atoms. The first-order valence-corrected chi connectivity index (χ1v) is 5.89. The lowest BCUT2D eigenvalue weighted by molar-refractivity contribution is 0.601. The number of benzene rings is 1. The maximum Gasteiger partial charge on any atom is 0.142 e. The highest BCUT2D eigenvalue weighted by molar-refractivity contribution is 6.31. The molecule has 0 saturated heterocycles. The predicted octanol–water partition coefficient (Wildman–Crippen LogP) is 4.44. The molecule has 0 unspecified atom stereocenters. The number of aromatic nitrogens is 1. The molecule has 2 aromatic rings. The molecule has 1 atom stereocenters. The van der Waals surface area contributed by atoms with E-state index in [1.807, 2.05) is 24.6 Å². The summed E-state index contributed by atoms with van der Waals surface area (Å²) in [5, 5.41) is 4.55. The molecule has 6 heteroatoms. The van der Waals surface area contributed by atoms with Gasteiger partial charge in [0, 0.05) is 28.6 Å². The van der Waals surface area contributed by atoms with Crippen molar-refractivity contribution in [2.75, 3.05) is 0 Å². The molecule has 0 aliphatic carbocycles. The highest BCUT2D eigenvalue weighted by atomic mass is 35.5. The third-order valence-corrected chi connectivity index (χ3v) is 3.12. The molecule has 0 amide bonds. The Balaban J connectivity index is 2.52. The van der Waals surface area contributed by atoms with Crippen molar-refractivity contribution in [3.8, 4) is 0 Å². The first kappa shape index (κ1) is 12.7. The van der Waals surface area contributed by atoms with Gasteiger partial charge in [-0.2, -0.15) is 0 Å². The number of rotatable bonds is 3. The van der Waals surface area contributed by atoms with E-state index in [-0.39, 0.29) is 11.1 Å². The maximum atomic E-state index is 13.4. The zero-order valence-corrected chi connectivity index (χ0v) is 10.8. The lowest BCUT2D eigenvalue weighted by Gasteiger charge is -2.08. The molecule has 94 valence electrons. The minimum absolute atomic E-state index is 0.0956. The summed E-state index contributed by atoms with van der Waals surface area (Å²) in [6.45, 7) is 4.27. The predicted molar refractivity (Wildman–Crippen MR) is 70.3 cm³/mol. The Bertz CT molecular complexity index is 643. The van der Waals surface area contributed by atoms with Gasteiger partial charge < -0.3 is 4.57 Å². The summed E-state index contributed by atoms with van der Waals surface area (Å²) < 4.78 is 15.3. The summed E-state index contributed by atoms with van der Waals surface area (Å²) in [6, 6.07) is 2.86. The molecule has 0 saturated carbocycles. The number of nitrogens with zero attached hydrogens (tertiary/aromatic N) is 4. The molecule has 0 aliphatic heterocycles. The molecule has 0 radical (unpaired) electrons. The first-order valence-electron chi connectivity index (χ1n) is 5.51. The van der Waals surface area contributed by atoms with Gasteiger partial charge in [-0.05, 0) is 30.2 Å². The zero-order chi connectivity index (χ0) is 13.3. The summed E-state index contributed by atoms with van der Waals surface area (Å²) in [7, 11) is 0. The molecule has 1 aromatic carbocycles. The molecule has 0 aliphatic rings. The molecule has 1 aromatic heterocycles. The number of aryl methyl sites for hydroxylation is 1. The van der Waals surface area contributed by atoms with Crippen LogP contribution >= 0.6 is 11.6 Å². The SMILES string of the molecule is Cc1cn(C[C@H](C)N=[N+]=[N-])c2cc(Cl)c(F)cc12. The van der Waals surface area contributed by atoms with E-state index in [4.69, 9.17) is 17.1 Å². The summed E-state index contributed by atoms with van der Waals surface area (Å²) in [6.07, 6.45) is 1.91. The van der Waals surface area contributed by atoms with Crippen LogP contribution in [0.5, 0.6) is 0 Å². The lowest BCUT2D eigenvalue weighted by atomic mass is 10.2. The van der Waals surface area contributed by atoms with Crippen LogP contribution < -0.4 is 0 Å². The van der Waals surface area contributed by atoms with E-state index >= 15 is 0 Å². The molecule has 0 N–H and O–H groups in total. The van der Waals surface area contributed by atoms with E-state index in [2.05, 4.69) is 10.0 Å². The summed E-state index contributed by atoms with van der Waals surface area (Å²) in [5.74, 6) is -0.423. The molecular formula is C12H12ClFN4. The molecule has 0 bridgehead atoms. The van der Waals surface area contributed by atoms with E-state index in [0.717, 1.165) is 16.5 Å². The topological polar surface area (TPSA) is 53.7 Å². The molecule has 0 spiro atoms. The zero-order valence-electron chi connectivity index (χ0n) is 10.1. The van der Waals surface area contributed by atoms with Crippen LogP contribution in [0.15, 0.2) is 23.4 Å². The first-order chi connectivity index (χ1) is 8.52. The second-order valence-electron chi connectivity index (χ2n) is 4.30. The van der Waals surface area contributed by atoms with Crippen molar-refractivity contribution in [2.45, 2.75) is 26.4 Å². The Morgan fingerprint density at radius 3 is 2.94 bits per heavy atom. The monoisotopic (exact) mass is 266 g/mol. The van der Waals surface area contributed by atoms with Gasteiger partial charge in [0.2, 0.25) is 0 Å². The normalized spacial score (nSPS) is 12.4. The Morgan fingerprint density at radius 2 is 2.28 bits per heavy atom. The quantitative estimate of drug-likeness (QED) is 0.448. The van der Waals surface area contributed by atoms with Crippen LogP contribution in [0.25, 0.3) is 21.3 Å². The molecule has 0 fully saturated rings. The van der Waals surface area contributed by atoms with Crippen LogP contribution in [0.3, 0.4) is 0 Å². The average Bonchev–Trinajstić information content (AvgIpc) is 2.57. The number of fused-ring (bicyclic) bond motifs is 1. The fourth-order valence-electron chi connectivity index (χ4n) is 2.02. The van der Waals surface area contributed by atoms with Crippen molar-refractivity contribution in [1.82, 2.24) is 4.57 Å². The molecule has 4 nitrogen and oxygen atoms in total. The second-order valence-corrected chi connectivity index (χ2v) is 4.71. The van der Waals surface area contributed by atoms with Gasteiger partial charge in [0.05, 0.1) is 11.1 Å². The van der Waals surface area contributed by atoms with Gasteiger partial charge in [-0.3, -0.25) is 0 Å². The van der Waals surface area contributed by atoms with Gasteiger partial charge in [0.15, 0.2) is 0 Å². The standard InChI is InChI=1S/C12H12ClFN4/c1-7-5-18(6-8(2)16-17-15)12-4-10(13)11(14)3-9(7)12/h3-5,8H,6H2,1-2H3/t8-/m0/s1. The van der Waals surface area contributed by atoms with Crippen molar-refractivity contribution in [3.63, 3.8) is 0 Å². The Hall–Kier alpha value is -1.71. The third kappa shape index (κ3) is 2.28. The van der Waals surface area contributed by atoms with Crippen LogP contribution in [0.1, 0.15) is 12.5 Å². The van der Waals surface area contributed by atoms with E-state index < -0.39 is 5.82 Å². The summed E-state index contributed by atoms with van der Waals surface area (Å²) in [5.41, 5.74) is 10.2. The van der Waals surface area contributed by atoms with Crippen molar-refractivity contribution < 1.29 is 4.39 Å². The summed E-state index contributed by atoms with van der Waals surface area (Å²) in [4.78, 5) is 2.78. The van der Waals surface area contributed by atoms with Gasteiger partial charge in [-0.1, -0.05) is 23.6 Å². The van der Waals surface area contributed by atoms with Gasteiger partial charge >= 0.3 is 0 Å². The van der Waals surface area contributed by atoms with Gasteiger partial charge in [0.1, 0.15) is 5.82 Å². The minimum atomic E-state index is -0.423. The van der Waals surface area contributed by atoms with Gasteiger partial charge in [0.25, 0.3) is 0 Å². The molecule has 1 heterocycles. The lowest BCUT2D eigenvalue weighted by Crippen LogP contribution is -2.08. The maximum absolute atomic E-state index is 13.4. The number of halogens is 2.